The maximum absolute atomic E-state index is 13.1. The number of aromatic nitrogens is 3. The number of nitrogens with one attached hydrogen (secondary N) is 1. The predicted molar refractivity (Wildman–Crippen MR) is 105 cm³/mol. The number of carbonyl (C=O) groups excluding carboxylic acids is 1. The number of benzene rings is 1. The fraction of sp³-hybridized carbons (Fsp3) is 0.421. The first-order valence-electron chi connectivity index (χ1n) is 8.75. The molecule has 0 bridgehead atoms. The lowest BCUT2D eigenvalue weighted by atomic mass is 9.72. The van der Waals surface area contributed by atoms with Gasteiger partial charge in [0.25, 0.3) is 0 Å². The van der Waals surface area contributed by atoms with Crippen LogP contribution in [0.2, 0.25) is 5.02 Å². The highest BCUT2D eigenvalue weighted by atomic mass is 35.5. The monoisotopic (exact) mass is 388 g/mol. The summed E-state index contributed by atoms with van der Waals surface area (Å²) in [5, 5.41) is 9.44. The molecule has 5 nitrogen and oxygen atoms in total. The molecule has 0 fully saturated rings. The Morgan fingerprint density at radius 1 is 1.35 bits per heavy atom. The van der Waals surface area contributed by atoms with Crippen molar-refractivity contribution < 1.29 is 4.79 Å². The van der Waals surface area contributed by atoms with Gasteiger partial charge < -0.3 is 5.32 Å². The summed E-state index contributed by atoms with van der Waals surface area (Å²) < 4.78 is 1.86. The van der Waals surface area contributed by atoms with E-state index >= 15 is 0 Å². The molecule has 0 saturated carbocycles. The summed E-state index contributed by atoms with van der Waals surface area (Å²) in [6.45, 7) is 6.25. The smallest absolute Gasteiger partial charge is 0.227 e. The van der Waals surface area contributed by atoms with E-state index in [1.165, 1.54) is 0 Å². The van der Waals surface area contributed by atoms with Gasteiger partial charge in [0.2, 0.25) is 11.1 Å². The lowest BCUT2D eigenvalue weighted by Gasteiger charge is -2.40. The van der Waals surface area contributed by atoms with Crippen LogP contribution in [0.1, 0.15) is 38.8 Å². The molecule has 26 heavy (non-hydrogen) atoms. The quantitative estimate of drug-likeness (QED) is 0.781. The Labute approximate surface area is 162 Å². The van der Waals surface area contributed by atoms with Crippen molar-refractivity contribution in [3.8, 4) is 0 Å². The molecule has 2 atom stereocenters. The lowest BCUT2D eigenvalue weighted by molar-refractivity contribution is -0.125. The number of nitrogens with zero attached hydrogens (tertiary/aromatic N) is 3. The van der Waals surface area contributed by atoms with E-state index in [1.54, 1.807) is 11.8 Å². The van der Waals surface area contributed by atoms with E-state index < -0.39 is 0 Å². The molecule has 136 valence electrons. The lowest BCUT2D eigenvalue weighted by Crippen LogP contribution is -2.42. The van der Waals surface area contributed by atoms with Crippen molar-refractivity contribution in [2.24, 2.45) is 11.3 Å². The first-order chi connectivity index (χ1) is 12.4. The average molecular weight is 389 g/mol. The summed E-state index contributed by atoms with van der Waals surface area (Å²) in [7, 11) is 0. The highest BCUT2D eigenvalue weighted by molar-refractivity contribution is 7.99. The van der Waals surface area contributed by atoms with Gasteiger partial charge in [0.05, 0.1) is 12.0 Å². The Hall–Kier alpha value is -1.79. The van der Waals surface area contributed by atoms with Crippen molar-refractivity contribution in [1.29, 1.82) is 0 Å². The molecule has 1 aliphatic carbocycles. The van der Waals surface area contributed by atoms with Crippen molar-refractivity contribution in [1.82, 2.24) is 14.8 Å². The Morgan fingerprint density at radius 2 is 2.08 bits per heavy atom. The normalized spacial score (nSPS) is 23.7. The van der Waals surface area contributed by atoms with Crippen LogP contribution in [-0.2, 0) is 4.79 Å². The van der Waals surface area contributed by atoms with Gasteiger partial charge >= 0.3 is 0 Å². The van der Waals surface area contributed by atoms with E-state index in [9.17, 15) is 4.79 Å². The first-order valence-corrected chi connectivity index (χ1v) is 10.1. The van der Waals surface area contributed by atoms with Crippen LogP contribution in [0.4, 0.5) is 5.95 Å². The summed E-state index contributed by atoms with van der Waals surface area (Å²) in [6, 6.07) is 7.45. The molecule has 1 aliphatic heterocycles. The highest BCUT2D eigenvalue weighted by Gasteiger charge is 2.45. The summed E-state index contributed by atoms with van der Waals surface area (Å²) in [5.74, 6) is 1.53. The molecule has 0 unspecified atom stereocenters. The van der Waals surface area contributed by atoms with Gasteiger partial charge in [-0.3, -0.25) is 4.79 Å². The number of hydrogen-bond donors (Lipinski definition) is 1. The van der Waals surface area contributed by atoms with E-state index in [0.29, 0.717) is 17.4 Å². The molecule has 0 radical (unpaired) electrons. The number of allylic oxidation sites excluding steroid dienone is 2. The topological polar surface area (TPSA) is 59.8 Å². The number of ketones is 1. The number of carbonyl (C=O) groups is 1. The molecule has 1 aromatic heterocycles. The van der Waals surface area contributed by atoms with Crippen molar-refractivity contribution >= 4 is 35.1 Å². The van der Waals surface area contributed by atoms with Gasteiger partial charge in [0, 0.05) is 17.1 Å². The molecule has 4 rings (SSSR count). The van der Waals surface area contributed by atoms with Gasteiger partial charge in [-0.05, 0) is 28.9 Å². The van der Waals surface area contributed by atoms with Crippen molar-refractivity contribution in [2.45, 2.75) is 38.4 Å². The Balaban J connectivity index is 1.88. The van der Waals surface area contributed by atoms with Crippen molar-refractivity contribution in [2.75, 3.05) is 11.1 Å². The number of anilines is 1. The van der Waals surface area contributed by atoms with Gasteiger partial charge in [-0.25, -0.2) is 4.68 Å². The molecule has 2 aliphatic rings. The third-order valence-electron chi connectivity index (χ3n) is 4.79. The number of rotatable bonds is 3. The summed E-state index contributed by atoms with van der Waals surface area (Å²) in [6.07, 6.45) is 2.69. The first kappa shape index (κ1) is 17.6. The number of thioether (sulfide) groups is 1. The molecule has 0 saturated heterocycles. The molecule has 1 aromatic carbocycles. The third kappa shape index (κ3) is 3.05. The maximum Gasteiger partial charge on any atom is 0.227 e. The van der Waals surface area contributed by atoms with Crippen LogP contribution in [0.3, 0.4) is 0 Å². The van der Waals surface area contributed by atoms with Crippen LogP contribution in [-0.4, -0.2) is 26.3 Å². The summed E-state index contributed by atoms with van der Waals surface area (Å²) in [5.41, 5.74) is 1.78. The van der Waals surface area contributed by atoms with E-state index in [-0.39, 0.29) is 23.2 Å². The van der Waals surface area contributed by atoms with Crippen molar-refractivity contribution in [3.63, 3.8) is 0 Å². The van der Waals surface area contributed by atoms with Crippen LogP contribution >= 0.6 is 23.4 Å². The van der Waals surface area contributed by atoms with Gasteiger partial charge in [0.15, 0.2) is 0 Å². The van der Waals surface area contributed by atoms with Crippen LogP contribution in [0.5, 0.6) is 0 Å². The van der Waals surface area contributed by atoms with Gasteiger partial charge in [-0.1, -0.05) is 62.3 Å². The van der Waals surface area contributed by atoms with Gasteiger partial charge in [-0.2, -0.15) is 4.98 Å². The van der Waals surface area contributed by atoms with Crippen molar-refractivity contribution in [3.05, 3.63) is 46.6 Å². The van der Waals surface area contributed by atoms with Gasteiger partial charge in [0.1, 0.15) is 5.78 Å². The molecular formula is C19H21ClN4OS. The minimum absolute atomic E-state index is 0.163. The van der Waals surface area contributed by atoms with Crippen LogP contribution < -0.4 is 5.32 Å². The van der Waals surface area contributed by atoms with Crippen LogP contribution in [0.15, 0.2) is 41.2 Å². The largest absolute Gasteiger partial charge is 0.328 e. The molecule has 1 N–H and O–H groups in total. The minimum atomic E-state index is -0.280. The second kappa shape index (κ2) is 6.43. The average Bonchev–Trinajstić information content (AvgIpc) is 2.95. The second-order valence-corrected chi connectivity index (χ2v) is 9.09. The number of hydrogen-bond acceptors (Lipinski definition) is 5. The minimum Gasteiger partial charge on any atom is -0.328 e. The number of fused-ring (bicyclic) bond motifs is 2. The molecule has 2 aromatic rings. The zero-order valence-electron chi connectivity index (χ0n) is 15.0. The second-order valence-electron chi connectivity index (χ2n) is 7.43. The summed E-state index contributed by atoms with van der Waals surface area (Å²) >= 11 is 7.66. The number of halogens is 1. The molecule has 0 spiro atoms. The van der Waals surface area contributed by atoms with E-state index in [2.05, 4.69) is 42.2 Å². The highest BCUT2D eigenvalue weighted by Crippen LogP contribution is 2.45. The zero-order chi connectivity index (χ0) is 18.5. The van der Waals surface area contributed by atoms with E-state index in [1.807, 2.05) is 28.9 Å². The standard InChI is InChI=1S/C19H21ClN4OS/c1-4-26-18-22-17-21-13-9-19(2,3)10-14(25)15(13)16(24(17)23-18)11-5-7-12(20)8-6-11/h5-9,15-16H,4,10H2,1-3H3,(H,21,22,23)/t15-,16-/m1/s1. The summed E-state index contributed by atoms with van der Waals surface area (Å²) in [4.78, 5) is 17.7. The predicted octanol–water partition coefficient (Wildman–Crippen LogP) is 4.56. The molecule has 7 heteroatoms. The Kier molecular flexibility index (Phi) is 4.35. The third-order valence-corrected chi connectivity index (χ3v) is 5.76. The van der Waals surface area contributed by atoms with E-state index in [0.717, 1.165) is 22.2 Å². The van der Waals surface area contributed by atoms with Gasteiger partial charge in [-0.15, -0.1) is 5.10 Å². The fourth-order valence-electron chi connectivity index (χ4n) is 3.79. The Bertz CT molecular complexity index is 887. The fourth-order valence-corrected chi connectivity index (χ4v) is 4.47. The number of Topliss-reactive ketones (excluding diaryl/α,β-unsaturated/α-hetero) is 1. The molecule has 0 amide bonds. The van der Waals surface area contributed by atoms with Crippen LogP contribution in [0.25, 0.3) is 0 Å². The Morgan fingerprint density at radius 3 is 2.77 bits per heavy atom. The van der Waals surface area contributed by atoms with E-state index in [4.69, 9.17) is 11.6 Å². The van der Waals surface area contributed by atoms with Crippen LogP contribution in [0, 0.1) is 11.3 Å². The maximum atomic E-state index is 13.1. The molecular weight excluding hydrogens is 368 g/mol. The SMILES string of the molecule is CCSc1nc2n(n1)[C@H](c1ccc(Cl)cc1)[C@H]1C(=O)CC(C)(C)C=C1N2. The zero-order valence-corrected chi connectivity index (χ0v) is 16.6. The molecule has 2 heterocycles.